The largest absolute Gasteiger partial charge is 0.433 e. The van der Waals surface area contributed by atoms with E-state index in [4.69, 9.17) is 0 Å². The Kier molecular flexibility index (Phi) is 3.90. The van der Waals surface area contributed by atoms with Gasteiger partial charge in [0.05, 0.1) is 5.69 Å². The average molecular weight is 290 g/mol. The third-order valence-electron chi connectivity index (χ3n) is 3.51. The summed E-state index contributed by atoms with van der Waals surface area (Å²) in [6.45, 7) is -1.33. The highest BCUT2D eigenvalue weighted by Crippen LogP contribution is 2.29. The molecule has 0 aliphatic carbocycles. The predicted octanol–water partition coefficient (Wildman–Crippen LogP) is 3.87. The van der Waals surface area contributed by atoms with Crippen molar-refractivity contribution in [3.05, 3.63) is 53.6 Å². The van der Waals surface area contributed by atoms with Crippen molar-refractivity contribution < 1.29 is 13.5 Å². The minimum Gasteiger partial charge on any atom is -0.433 e. The number of rotatable bonds is 5. The number of alkyl halides is 2. The van der Waals surface area contributed by atoms with Crippen LogP contribution >= 0.6 is 0 Å². The van der Waals surface area contributed by atoms with E-state index in [0.29, 0.717) is 12.2 Å². The van der Waals surface area contributed by atoms with Crippen molar-refractivity contribution in [3.63, 3.8) is 0 Å². The summed E-state index contributed by atoms with van der Waals surface area (Å²) in [6.07, 6.45) is 1.02. The van der Waals surface area contributed by atoms with Crippen LogP contribution in [0.25, 0.3) is 0 Å². The highest BCUT2D eigenvalue weighted by molar-refractivity contribution is 5.63. The maximum absolute atomic E-state index is 12.4. The lowest BCUT2D eigenvalue weighted by molar-refractivity contribution is -0.0493. The first-order valence-electron chi connectivity index (χ1n) is 6.86. The molecule has 1 heterocycles. The zero-order valence-corrected chi connectivity index (χ0v) is 11.4. The van der Waals surface area contributed by atoms with Crippen molar-refractivity contribution in [2.75, 3.05) is 17.2 Å². The van der Waals surface area contributed by atoms with Gasteiger partial charge in [0.25, 0.3) is 0 Å². The summed E-state index contributed by atoms with van der Waals surface area (Å²) in [5, 5.41) is 6.53. The third kappa shape index (κ3) is 3.07. The molecule has 5 heteroatoms. The number of benzene rings is 2. The molecule has 0 unspecified atom stereocenters. The van der Waals surface area contributed by atoms with Crippen molar-refractivity contribution in [2.45, 2.75) is 19.6 Å². The molecule has 1 aliphatic heterocycles. The molecule has 0 aromatic heterocycles. The Balaban J connectivity index is 1.75. The zero-order chi connectivity index (χ0) is 14.7. The Labute approximate surface area is 121 Å². The van der Waals surface area contributed by atoms with Crippen molar-refractivity contribution in [1.82, 2.24) is 0 Å². The molecule has 2 aromatic carbocycles. The Morgan fingerprint density at radius 3 is 2.86 bits per heavy atom. The molecule has 21 heavy (non-hydrogen) atoms. The lowest BCUT2D eigenvalue weighted by Crippen LogP contribution is -2.07. The van der Waals surface area contributed by atoms with Gasteiger partial charge in [-0.05, 0) is 29.7 Å². The van der Waals surface area contributed by atoms with E-state index in [0.717, 1.165) is 24.2 Å². The summed E-state index contributed by atoms with van der Waals surface area (Å²) in [5.41, 5.74) is 4.13. The quantitative estimate of drug-likeness (QED) is 0.877. The van der Waals surface area contributed by atoms with Crippen LogP contribution in [0.5, 0.6) is 5.75 Å². The summed E-state index contributed by atoms with van der Waals surface area (Å²) in [6, 6.07) is 12.9. The van der Waals surface area contributed by atoms with Crippen LogP contribution < -0.4 is 15.4 Å². The number of para-hydroxylation sites is 3. The number of hydrogen-bond acceptors (Lipinski definition) is 3. The summed E-state index contributed by atoms with van der Waals surface area (Å²) in [7, 11) is 0. The highest BCUT2D eigenvalue weighted by atomic mass is 19.3. The molecular weight excluding hydrogens is 274 g/mol. The van der Waals surface area contributed by atoms with E-state index in [1.165, 1.54) is 11.6 Å². The van der Waals surface area contributed by atoms with Crippen molar-refractivity contribution in [2.24, 2.45) is 0 Å². The number of anilines is 2. The van der Waals surface area contributed by atoms with Crippen LogP contribution in [-0.2, 0) is 13.0 Å². The highest BCUT2D eigenvalue weighted by Gasteiger charge is 2.14. The van der Waals surface area contributed by atoms with Crippen LogP contribution in [-0.4, -0.2) is 13.2 Å². The Morgan fingerprint density at radius 1 is 1.14 bits per heavy atom. The number of hydrogen-bond donors (Lipinski definition) is 2. The summed E-state index contributed by atoms with van der Waals surface area (Å²) >= 11 is 0. The fraction of sp³-hybridized carbons (Fsp3) is 0.250. The predicted molar refractivity (Wildman–Crippen MR) is 79.0 cm³/mol. The molecular formula is C16H16F2N2O. The Morgan fingerprint density at radius 2 is 2.00 bits per heavy atom. The van der Waals surface area contributed by atoms with E-state index in [-0.39, 0.29) is 5.75 Å². The van der Waals surface area contributed by atoms with E-state index >= 15 is 0 Å². The molecule has 0 spiro atoms. The van der Waals surface area contributed by atoms with E-state index in [1.54, 1.807) is 18.2 Å². The average Bonchev–Trinajstić information content (AvgIpc) is 2.95. The van der Waals surface area contributed by atoms with Crippen molar-refractivity contribution >= 4 is 11.4 Å². The van der Waals surface area contributed by atoms with Gasteiger partial charge in [-0.3, -0.25) is 0 Å². The summed E-state index contributed by atoms with van der Waals surface area (Å²) < 4.78 is 29.3. The summed E-state index contributed by atoms with van der Waals surface area (Å²) in [4.78, 5) is 0. The first-order chi connectivity index (χ1) is 10.2. The zero-order valence-electron chi connectivity index (χ0n) is 11.4. The molecule has 0 atom stereocenters. The minimum absolute atomic E-state index is 0.160. The number of fused-ring (bicyclic) bond motifs is 1. The molecule has 0 saturated carbocycles. The van der Waals surface area contributed by atoms with Crippen LogP contribution in [0, 0.1) is 0 Å². The second-order valence-electron chi connectivity index (χ2n) is 4.86. The maximum Gasteiger partial charge on any atom is 0.387 e. The Hall–Kier alpha value is -2.30. The van der Waals surface area contributed by atoms with Gasteiger partial charge in [0.15, 0.2) is 0 Å². The van der Waals surface area contributed by atoms with Crippen LogP contribution in [0.2, 0.25) is 0 Å². The molecule has 3 nitrogen and oxygen atoms in total. The Bertz CT molecular complexity index is 631. The maximum atomic E-state index is 12.4. The lowest BCUT2D eigenvalue weighted by Gasteiger charge is -2.14. The van der Waals surface area contributed by atoms with Crippen LogP contribution in [0.15, 0.2) is 42.5 Å². The smallest absolute Gasteiger partial charge is 0.387 e. The normalized spacial score (nSPS) is 12.9. The molecule has 3 rings (SSSR count). The van der Waals surface area contributed by atoms with E-state index < -0.39 is 6.61 Å². The third-order valence-corrected chi connectivity index (χ3v) is 3.51. The molecule has 0 radical (unpaired) electrons. The molecule has 0 saturated heterocycles. The molecule has 0 bridgehead atoms. The second-order valence-corrected chi connectivity index (χ2v) is 4.86. The number of nitrogens with one attached hydrogen (secondary N) is 2. The van der Waals surface area contributed by atoms with Gasteiger partial charge in [-0.1, -0.05) is 30.3 Å². The second kappa shape index (κ2) is 5.99. The SMILES string of the molecule is FC(F)Oc1ccccc1NCc1cccc2c1NCC2. The summed E-state index contributed by atoms with van der Waals surface area (Å²) in [5.74, 6) is 0.160. The van der Waals surface area contributed by atoms with E-state index in [9.17, 15) is 8.78 Å². The van der Waals surface area contributed by atoms with Gasteiger partial charge >= 0.3 is 6.61 Å². The van der Waals surface area contributed by atoms with Crippen LogP contribution in [0.3, 0.4) is 0 Å². The van der Waals surface area contributed by atoms with Gasteiger partial charge in [-0.15, -0.1) is 0 Å². The molecule has 1 aliphatic rings. The first kappa shape index (κ1) is 13.7. The van der Waals surface area contributed by atoms with Gasteiger partial charge in [0.2, 0.25) is 0 Å². The topological polar surface area (TPSA) is 33.3 Å². The van der Waals surface area contributed by atoms with Crippen molar-refractivity contribution in [3.8, 4) is 5.75 Å². The fourth-order valence-electron chi connectivity index (χ4n) is 2.56. The van der Waals surface area contributed by atoms with Crippen LogP contribution in [0.1, 0.15) is 11.1 Å². The van der Waals surface area contributed by atoms with Crippen molar-refractivity contribution in [1.29, 1.82) is 0 Å². The molecule has 110 valence electrons. The fourth-order valence-corrected chi connectivity index (χ4v) is 2.56. The molecule has 0 fully saturated rings. The van der Waals surface area contributed by atoms with Gasteiger partial charge in [0, 0.05) is 18.8 Å². The first-order valence-corrected chi connectivity index (χ1v) is 6.86. The number of ether oxygens (including phenoxy) is 1. The molecule has 2 N–H and O–H groups in total. The molecule has 2 aromatic rings. The van der Waals surface area contributed by atoms with Gasteiger partial charge < -0.3 is 15.4 Å². The van der Waals surface area contributed by atoms with Gasteiger partial charge in [-0.25, -0.2) is 0 Å². The van der Waals surface area contributed by atoms with E-state index in [2.05, 4.69) is 21.4 Å². The minimum atomic E-state index is -2.82. The lowest BCUT2D eigenvalue weighted by atomic mass is 10.1. The standard InChI is InChI=1S/C16H16F2N2O/c17-16(18)21-14-7-2-1-6-13(14)20-10-12-5-3-4-11-8-9-19-15(11)12/h1-7,16,19-20H,8-10H2. The van der Waals surface area contributed by atoms with Gasteiger partial charge in [-0.2, -0.15) is 8.78 Å². The monoisotopic (exact) mass is 290 g/mol. The van der Waals surface area contributed by atoms with Crippen LogP contribution in [0.4, 0.5) is 20.2 Å². The van der Waals surface area contributed by atoms with E-state index in [1.807, 2.05) is 12.1 Å². The molecule has 0 amide bonds. The van der Waals surface area contributed by atoms with Gasteiger partial charge in [0.1, 0.15) is 5.75 Å². The number of halogens is 2.